The molecule has 2 aliphatic rings. The molecule has 21 heavy (non-hydrogen) atoms. The highest BCUT2D eigenvalue weighted by Crippen LogP contribution is 2.47. The lowest BCUT2D eigenvalue weighted by atomic mass is 9.87. The molecule has 0 saturated heterocycles. The number of allylic oxidation sites excluding steroid dienone is 1. The Balaban J connectivity index is 1.94. The number of nitrogens with two attached hydrogens (primary N) is 1. The lowest BCUT2D eigenvalue weighted by Crippen LogP contribution is -2.20. The van der Waals surface area contributed by atoms with Crippen LogP contribution in [0.1, 0.15) is 17.2 Å². The van der Waals surface area contributed by atoms with E-state index in [9.17, 15) is 5.26 Å². The minimum Gasteiger partial charge on any atom is -0.468 e. The summed E-state index contributed by atoms with van der Waals surface area (Å²) in [5.74, 6) is 2.04. The Hall–Kier alpha value is -3.07. The normalized spacial score (nSPS) is 18.9. The highest BCUT2D eigenvalue weighted by Gasteiger charge is 2.34. The Morgan fingerprint density at radius 3 is 2.71 bits per heavy atom. The molecule has 1 aromatic heterocycles. The fourth-order valence-corrected chi connectivity index (χ4v) is 2.59. The smallest absolute Gasteiger partial charge is 0.231 e. The molecule has 2 aromatic rings. The molecule has 0 saturated carbocycles. The topological polar surface area (TPSA) is 90.6 Å². The molecular formula is C15H10N2O4. The molecule has 2 aliphatic heterocycles. The van der Waals surface area contributed by atoms with E-state index in [1.54, 1.807) is 30.5 Å². The zero-order valence-corrected chi connectivity index (χ0v) is 10.8. The average Bonchev–Trinajstić information content (AvgIpc) is 3.14. The summed E-state index contributed by atoms with van der Waals surface area (Å²) in [6.45, 7) is 0.164. The van der Waals surface area contributed by atoms with Gasteiger partial charge in [0.2, 0.25) is 12.7 Å². The second-order valence-corrected chi connectivity index (χ2v) is 4.68. The van der Waals surface area contributed by atoms with E-state index >= 15 is 0 Å². The molecule has 4 rings (SSSR count). The number of furan rings is 1. The first-order valence-electron chi connectivity index (χ1n) is 6.32. The summed E-state index contributed by atoms with van der Waals surface area (Å²) in [5, 5.41) is 9.38. The van der Waals surface area contributed by atoms with Crippen LogP contribution in [0, 0.1) is 11.3 Å². The van der Waals surface area contributed by atoms with E-state index in [2.05, 4.69) is 6.07 Å². The van der Waals surface area contributed by atoms with Gasteiger partial charge in [0, 0.05) is 11.6 Å². The number of fused-ring (bicyclic) bond motifs is 2. The van der Waals surface area contributed by atoms with E-state index < -0.39 is 5.92 Å². The molecule has 3 heterocycles. The number of nitriles is 1. The Morgan fingerprint density at radius 1 is 1.19 bits per heavy atom. The monoisotopic (exact) mass is 282 g/mol. The standard InChI is InChI=1S/C15H10N2O4/c16-6-9-14(10-2-1-3-18-10)8-4-12-13(20-7-19-12)5-11(8)21-15(9)17/h1-5,14H,7,17H2/t14-/m0/s1. The van der Waals surface area contributed by atoms with Crippen LogP contribution in [-0.2, 0) is 0 Å². The quantitative estimate of drug-likeness (QED) is 0.862. The Bertz CT molecular complexity index is 787. The largest absolute Gasteiger partial charge is 0.468 e. The highest BCUT2D eigenvalue weighted by molar-refractivity contribution is 5.60. The summed E-state index contributed by atoms with van der Waals surface area (Å²) in [5.41, 5.74) is 6.95. The van der Waals surface area contributed by atoms with Crippen LogP contribution in [0.5, 0.6) is 17.2 Å². The molecule has 0 unspecified atom stereocenters. The zero-order chi connectivity index (χ0) is 14.4. The van der Waals surface area contributed by atoms with Gasteiger partial charge in [-0.1, -0.05) is 0 Å². The number of hydrogen-bond acceptors (Lipinski definition) is 6. The summed E-state index contributed by atoms with van der Waals surface area (Å²) in [6, 6.07) is 9.18. The van der Waals surface area contributed by atoms with Crippen molar-refractivity contribution in [2.45, 2.75) is 5.92 Å². The van der Waals surface area contributed by atoms with Gasteiger partial charge in [-0.25, -0.2) is 0 Å². The second kappa shape index (κ2) is 4.21. The molecule has 0 fully saturated rings. The minimum atomic E-state index is -0.414. The van der Waals surface area contributed by atoms with Gasteiger partial charge in [-0.2, -0.15) is 5.26 Å². The first-order chi connectivity index (χ1) is 10.3. The summed E-state index contributed by atoms with van der Waals surface area (Å²) < 4.78 is 21.7. The second-order valence-electron chi connectivity index (χ2n) is 4.68. The van der Waals surface area contributed by atoms with Crippen LogP contribution in [0.15, 0.2) is 46.4 Å². The maximum absolute atomic E-state index is 9.38. The van der Waals surface area contributed by atoms with Crippen molar-refractivity contribution in [2.75, 3.05) is 6.79 Å². The van der Waals surface area contributed by atoms with Crippen molar-refractivity contribution in [1.29, 1.82) is 5.26 Å². The molecule has 0 amide bonds. The van der Waals surface area contributed by atoms with Gasteiger partial charge >= 0.3 is 0 Å². The summed E-state index contributed by atoms with van der Waals surface area (Å²) in [4.78, 5) is 0. The van der Waals surface area contributed by atoms with Crippen molar-refractivity contribution in [2.24, 2.45) is 5.73 Å². The van der Waals surface area contributed by atoms with Crippen LogP contribution < -0.4 is 19.9 Å². The van der Waals surface area contributed by atoms with E-state index in [-0.39, 0.29) is 12.7 Å². The maximum Gasteiger partial charge on any atom is 0.231 e. The SMILES string of the molecule is N#CC1=C(N)Oc2cc3c(cc2[C@@H]1c1ccco1)OCO3. The lowest BCUT2D eigenvalue weighted by Gasteiger charge is -2.24. The predicted octanol–water partition coefficient (Wildman–Crippen LogP) is 2.23. The number of hydrogen-bond donors (Lipinski definition) is 1. The van der Waals surface area contributed by atoms with Gasteiger partial charge in [0.25, 0.3) is 0 Å². The van der Waals surface area contributed by atoms with Gasteiger partial charge in [-0.05, 0) is 18.2 Å². The molecule has 0 bridgehead atoms. The number of rotatable bonds is 1. The summed E-state index contributed by atoms with van der Waals surface area (Å²) in [6.07, 6.45) is 1.56. The highest BCUT2D eigenvalue weighted by atomic mass is 16.7. The molecule has 6 nitrogen and oxygen atoms in total. The predicted molar refractivity (Wildman–Crippen MR) is 70.6 cm³/mol. The van der Waals surface area contributed by atoms with Crippen molar-refractivity contribution in [1.82, 2.24) is 0 Å². The Kier molecular flexibility index (Phi) is 2.35. The van der Waals surface area contributed by atoms with Gasteiger partial charge in [0.15, 0.2) is 11.5 Å². The lowest BCUT2D eigenvalue weighted by molar-refractivity contribution is 0.174. The van der Waals surface area contributed by atoms with Crippen molar-refractivity contribution in [3.63, 3.8) is 0 Å². The fourth-order valence-electron chi connectivity index (χ4n) is 2.59. The van der Waals surface area contributed by atoms with Crippen LogP contribution in [0.3, 0.4) is 0 Å². The van der Waals surface area contributed by atoms with Crippen LogP contribution in [0.2, 0.25) is 0 Å². The van der Waals surface area contributed by atoms with Gasteiger partial charge in [0.05, 0.1) is 12.2 Å². The third kappa shape index (κ3) is 1.64. The van der Waals surface area contributed by atoms with Crippen LogP contribution in [-0.4, -0.2) is 6.79 Å². The van der Waals surface area contributed by atoms with Crippen LogP contribution in [0.25, 0.3) is 0 Å². The first kappa shape index (κ1) is 11.7. The van der Waals surface area contributed by atoms with Crippen molar-refractivity contribution in [3.05, 3.63) is 53.3 Å². The van der Waals surface area contributed by atoms with Crippen LogP contribution >= 0.6 is 0 Å². The molecule has 0 radical (unpaired) electrons. The fraction of sp³-hybridized carbons (Fsp3) is 0.133. The number of ether oxygens (including phenoxy) is 3. The summed E-state index contributed by atoms with van der Waals surface area (Å²) >= 11 is 0. The van der Waals surface area contributed by atoms with Crippen molar-refractivity contribution < 1.29 is 18.6 Å². The molecular weight excluding hydrogens is 272 g/mol. The molecule has 0 spiro atoms. The van der Waals surface area contributed by atoms with E-state index in [1.807, 2.05) is 0 Å². The van der Waals surface area contributed by atoms with E-state index in [4.69, 9.17) is 24.4 Å². The Labute approximate surface area is 119 Å². The minimum absolute atomic E-state index is 0.0743. The van der Waals surface area contributed by atoms with Gasteiger partial charge in [0.1, 0.15) is 23.2 Å². The summed E-state index contributed by atoms with van der Waals surface area (Å²) in [7, 11) is 0. The van der Waals surface area contributed by atoms with Gasteiger partial charge in [-0.15, -0.1) is 0 Å². The van der Waals surface area contributed by atoms with E-state index in [0.29, 0.717) is 28.6 Å². The number of nitrogens with zero attached hydrogens (tertiary/aromatic N) is 1. The maximum atomic E-state index is 9.38. The zero-order valence-electron chi connectivity index (χ0n) is 10.8. The van der Waals surface area contributed by atoms with Gasteiger partial charge in [-0.3, -0.25) is 0 Å². The Morgan fingerprint density at radius 2 is 2.00 bits per heavy atom. The molecule has 104 valence electrons. The van der Waals surface area contributed by atoms with Crippen LogP contribution in [0.4, 0.5) is 0 Å². The van der Waals surface area contributed by atoms with E-state index in [0.717, 1.165) is 5.56 Å². The third-order valence-corrected chi connectivity index (χ3v) is 3.54. The van der Waals surface area contributed by atoms with Crippen molar-refractivity contribution in [3.8, 4) is 23.3 Å². The molecule has 2 N–H and O–H groups in total. The molecule has 0 aliphatic carbocycles. The average molecular weight is 282 g/mol. The third-order valence-electron chi connectivity index (χ3n) is 3.54. The van der Waals surface area contributed by atoms with E-state index in [1.165, 1.54) is 0 Å². The van der Waals surface area contributed by atoms with Crippen molar-refractivity contribution >= 4 is 0 Å². The molecule has 1 aromatic carbocycles. The molecule has 6 heteroatoms. The first-order valence-corrected chi connectivity index (χ1v) is 6.32. The number of benzene rings is 1. The molecule has 1 atom stereocenters. The van der Waals surface area contributed by atoms with Gasteiger partial charge < -0.3 is 24.4 Å².